The van der Waals surface area contributed by atoms with E-state index >= 15 is 0 Å². The van der Waals surface area contributed by atoms with Gasteiger partial charge in [0.05, 0.1) is 12.5 Å². The number of nitrogens with zero attached hydrogens (tertiary/aromatic N) is 1. The summed E-state index contributed by atoms with van der Waals surface area (Å²) in [7, 11) is 1.97. The van der Waals surface area contributed by atoms with E-state index < -0.39 is 0 Å². The monoisotopic (exact) mass is 335 g/mol. The molecular formula is C20H21N3O2. The van der Waals surface area contributed by atoms with E-state index in [1.165, 1.54) is 6.92 Å². The molecule has 0 saturated carbocycles. The standard InChI is InChI=1S/C20H21N3O2/c1-14(24)21-18(15-6-4-3-5-7-15)13-20(25)22-17-9-8-16-10-11-23(2)19(16)12-17/h3-12,18H,13H2,1-2H3,(H,21,24)(H,22,25)/t18-/m1/s1. The number of carbonyl (C=O) groups is 2. The summed E-state index contributed by atoms with van der Waals surface area (Å²) in [6.45, 7) is 1.46. The van der Waals surface area contributed by atoms with Crippen LogP contribution in [0.15, 0.2) is 60.8 Å². The highest BCUT2D eigenvalue weighted by molar-refractivity contribution is 5.94. The first-order valence-electron chi connectivity index (χ1n) is 8.20. The molecule has 3 aromatic rings. The van der Waals surface area contributed by atoms with Crippen LogP contribution in [0.3, 0.4) is 0 Å². The number of anilines is 1. The van der Waals surface area contributed by atoms with Gasteiger partial charge in [-0.3, -0.25) is 9.59 Å². The maximum atomic E-state index is 12.5. The Balaban J connectivity index is 1.74. The summed E-state index contributed by atoms with van der Waals surface area (Å²) in [5.74, 6) is -0.303. The number of nitrogens with one attached hydrogen (secondary N) is 2. The third-order valence-corrected chi connectivity index (χ3v) is 4.14. The first-order valence-corrected chi connectivity index (χ1v) is 8.20. The summed E-state index contributed by atoms with van der Waals surface area (Å²) in [5.41, 5.74) is 2.71. The van der Waals surface area contributed by atoms with Crippen LogP contribution in [-0.4, -0.2) is 16.4 Å². The molecule has 0 spiro atoms. The van der Waals surface area contributed by atoms with Crippen LogP contribution in [0.4, 0.5) is 5.69 Å². The highest BCUT2D eigenvalue weighted by Crippen LogP contribution is 2.21. The van der Waals surface area contributed by atoms with Crippen LogP contribution in [0.2, 0.25) is 0 Å². The Morgan fingerprint density at radius 2 is 1.84 bits per heavy atom. The molecule has 1 heterocycles. The fourth-order valence-electron chi connectivity index (χ4n) is 2.92. The number of hydrogen-bond acceptors (Lipinski definition) is 2. The number of amides is 2. The molecule has 5 heteroatoms. The molecule has 0 aliphatic rings. The van der Waals surface area contributed by atoms with Gasteiger partial charge in [-0.15, -0.1) is 0 Å². The Morgan fingerprint density at radius 1 is 1.08 bits per heavy atom. The van der Waals surface area contributed by atoms with Crippen molar-refractivity contribution in [1.29, 1.82) is 0 Å². The quantitative estimate of drug-likeness (QED) is 0.751. The second-order valence-corrected chi connectivity index (χ2v) is 6.12. The summed E-state index contributed by atoms with van der Waals surface area (Å²) in [6.07, 6.45) is 2.16. The van der Waals surface area contributed by atoms with Crippen LogP contribution in [0.25, 0.3) is 10.9 Å². The zero-order chi connectivity index (χ0) is 17.8. The van der Waals surface area contributed by atoms with Crippen molar-refractivity contribution in [1.82, 2.24) is 9.88 Å². The largest absolute Gasteiger partial charge is 0.350 e. The molecule has 0 aliphatic heterocycles. The predicted octanol–water partition coefficient (Wildman–Crippen LogP) is 3.38. The van der Waals surface area contributed by atoms with E-state index in [9.17, 15) is 9.59 Å². The lowest BCUT2D eigenvalue weighted by Gasteiger charge is -2.18. The number of hydrogen-bond donors (Lipinski definition) is 2. The molecule has 0 radical (unpaired) electrons. The summed E-state index contributed by atoms with van der Waals surface area (Å²) in [5, 5.41) is 6.89. The van der Waals surface area contributed by atoms with Crippen molar-refractivity contribution in [3.8, 4) is 0 Å². The van der Waals surface area contributed by atoms with Crippen LogP contribution >= 0.6 is 0 Å². The van der Waals surface area contributed by atoms with Gasteiger partial charge >= 0.3 is 0 Å². The second-order valence-electron chi connectivity index (χ2n) is 6.12. The zero-order valence-electron chi connectivity index (χ0n) is 14.3. The Bertz CT molecular complexity index is 900. The number of aryl methyl sites for hydroxylation is 1. The summed E-state index contributed by atoms with van der Waals surface area (Å²) < 4.78 is 2.01. The summed E-state index contributed by atoms with van der Waals surface area (Å²) in [6, 6.07) is 17.0. The molecule has 5 nitrogen and oxygen atoms in total. The van der Waals surface area contributed by atoms with Crippen LogP contribution in [0.1, 0.15) is 24.9 Å². The molecular weight excluding hydrogens is 314 g/mol. The lowest BCUT2D eigenvalue weighted by molar-refractivity contribution is -0.120. The lowest BCUT2D eigenvalue weighted by atomic mass is 10.0. The molecule has 128 valence electrons. The minimum Gasteiger partial charge on any atom is -0.350 e. The molecule has 25 heavy (non-hydrogen) atoms. The van der Waals surface area contributed by atoms with Crippen molar-refractivity contribution in [3.63, 3.8) is 0 Å². The van der Waals surface area contributed by atoms with Gasteiger partial charge in [-0.2, -0.15) is 0 Å². The number of fused-ring (bicyclic) bond motifs is 1. The third-order valence-electron chi connectivity index (χ3n) is 4.14. The molecule has 0 saturated heterocycles. The molecule has 2 amide bonds. The van der Waals surface area contributed by atoms with Crippen molar-refractivity contribution >= 4 is 28.4 Å². The van der Waals surface area contributed by atoms with Gasteiger partial charge in [0.2, 0.25) is 11.8 Å². The van der Waals surface area contributed by atoms with Gasteiger partial charge in [-0.25, -0.2) is 0 Å². The minimum atomic E-state index is -0.350. The van der Waals surface area contributed by atoms with Crippen molar-refractivity contribution in [3.05, 3.63) is 66.4 Å². The molecule has 0 aliphatic carbocycles. The first kappa shape index (κ1) is 16.8. The van der Waals surface area contributed by atoms with Gasteiger partial charge in [0.1, 0.15) is 0 Å². The zero-order valence-corrected chi connectivity index (χ0v) is 14.3. The topological polar surface area (TPSA) is 63.1 Å². The van der Waals surface area contributed by atoms with Gasteiger partial charge in [-0.1, -0.05) is 36.4 Å². The van der Waals surface area contributed by atoms with Crippen LogP contribution < -0.4 is 10.6 Å². The maximum absolute atomic E-state index is 12.5. The van der Waals surface area contributed by atoms with Crippen LogP contribution in [0.5, 0.6) is 0 Å². The van der Waals surface area contributed by atoms with Crippen LogP contribution in [0, 0.1) is 0 Å². The normalized spacial score (nSPS) is 11.9. The second kappa shape index (κ2) is 7.21. The fourth-order valence-corrected chi connectivity index (χ4v) is 2.92. The van der Waals surface area contributed by atoms with E-state index in [0.29, 0.717) is 0 Å². The van der Waals surface area contributed by atoms with Crippen molar-refractivity contribution < 1.29 is 9.59 Å². The first-order chi connectivity index (χ1) is 12.0. The molecule has 3 rings (SSSR count). The van der Waals surface area contributed by atoms with Gasteiger partial charge < -0.3 is 15.2 Å². The minimum absolute atomic E-state index is 0.142. The molecule has 2 N–H and O–H groups in total. The number of rotatable bonds is 5. The predicted molar refractivity (Wildman–Crippen MR) is 99.2 cm³/mol. The number of carbonyl (C=O) groups excluding carboxylic acids is 2. The third kappa shape index (κ3) is 4.07. The Kier molecular flexibility index (Phi) is 4.84. The molecule has 1 atom stereocenters. The van der Waals surface area contributed by atoms with Crippen molar-refractivity contribution in [2.45, 2.75) is 19.4 Å². The molecule has 1 aromatic heterocycles. The van der Waals surface area contributed by atoms with Gasteiger partial charge in [0.25, 0.3) is 0 Å². The van der Waals surface area contributed by atoms with E-state index in [0.717, 1.165) is 22.2 Å². The lowest BCUT2D eigenvalue weighted by Crippen LogP contribution is -2.29. The average molecular weight is 335 g/mol. The Morgan fingerprint density at radius 3 is 2.56 bits per heavy atom. The molecule has 0 bridgehead atoms. The van der Waals surface area contributed by atoms with Crippen LogP contribution in [-0.2, 0) is 16.6 Å². The molecule has 0 fully saturated rings. The maximum Gasteiger partial charge on any atom is 0.226 e. The van der Waals surface area contributed by atoms with Crippen molar-refractivity contribution in [2.24, 2.45) is 7.05 Å². The molecule has 0 unspecified atom stereocenters. The smallest absolute Gasteiger partial charge is 0.226 e. The van der Waals surface area contributed by atoms with E-state index in [1.807, 2.05) is 72.4 Å². The van der Waals surface area contributed by atoms with Crippen molar-refractivity contribution in [2.75, 3.05) is 5.32 Å². The number of benzene rings is 2. The van der Waals surface area contributed by atoms with E-state index in [1.54, 1.807) is 0 Å². The Labute approximate surface area is 146 Å². The summed E-state index contributed by atoms with van der Waals surface area (Å²) >= 11 is 0. The highest BCUT2D eigenvalue weighted by Gasteiger charge is 2.17. The highest BCUT2D eigenvalue weighted by atomic mass is 16.2. The van der Waals surface area contributed by atoms with E-state index in [4.69, 9.17) is 0 Å². The van der Waals surface area contributed by atoms with E-state index in [2.05, 4.69) is 10.6 Å². The fraction of sp³-hybridized carbons (Fsp3) is 0.200. The average Bonchev–Trinajstić information content (AvgIpc) is 2.95. The van der Waals surface area contributed by atoms with Gasteiger partial charge in [-0.05, 0) is 29.1 Å². The molecule has 2 aromatic carbocycles. The van der Waals surface area contributed by atoms with Gasteiger partial charge in [0, 0.05) is 31.4 Å². The Hall–Kier alpha value is -3.08. The number of aromatic nitrogens is 1. The summed E-state index contributed by atoms with van der Waals surface area (Å²) in [4.78, 5) is 23.9. The SMILES string of the molecule is CC(=O)N[C@H](CC(=O)Nc1ccc2ccn(C)c2c1)c1ccccc1. The van der Waals surface area contributed by atoms with Gasteiger partial charge in [0.15, 0.2) is 0 Å². The van der Waals surface area contributed by atoms with E-state index in [-0.39, 0.29) is 24.3 Å².